The molecule has 0 N–H and O–H groups in total. The molecule has 0 saturated carbocycles. The van der Waals surface area contributed by atoms with Gasteiger partial charge in [0.2, 0.25) is 0 Å². The second-order valence-corrected chi connectivity index (χ2v) is 18.4. The van der Waals surface area contributed by atoms with Crippen molar-refractivity contribution in [2.45, 2.75) is 92.9 Å². The predicted molar refractivity (Wildman–Crippen MR) is 261 cm³/mol. The molecule has 9 rings (SSSR count). The van der Waals surface area contributed by atoms with Crippen molar-refractivity contribution in [1.29, 1.82) is 0 Å². The fourth-order valence-corrected chi connectivity index (χ4v) is 9.03. The zero-order valence-corrected chi connectivity index (χ0v) is 37.1. The smallest absolute Gasteiger partial charge is 0.0493 e. The van der Waals surface area contributed by atoms with Crippen molar-refractivity contribution in [3.05, 3.63) is 179 Å². The van der Waals surface area contributed by atoms with Gasteiger partial charge in [0.1, 0.15) is 0 Å². The van der Waals surface area contributed by atoms with Gasteiger partial charge in [0, 0.05) is 34.1 Å². The Morgan fingerprint density at radius 2 is 0.633 bits per heavy atom. The lowest BCUT2D eigenvalue weighted by Crippen LogP contribution is -2.12. The summed E-state index contributed by atoms with van der Waals surface area (Å²) >= 11 is 0. The Morgan fingerprint density at radius 1 is 0.300 bits per heavy atom. The zero-order valence-electron chi connectivity index (χ0n) is 37.1. The molecule has 2 heteroatoms. The SMILES string of the molecule is Cc1ccc(C(C)C)cc1N(c1cccc(C(C)C)c1)c1ccc2cc3c(cc2c1)-c1cc2ccc(N(c4cccc(C(C)C)c4)c4cc(C(C)C)ccc4C)cc2cc1-3. The summed E-state index contributed by atoms with van der Waals surface area (Å²) in [6.07, 6.45) is 0. The molecule has 60 heavy (non-hydrogen) atoms. The molecular formula is C58H58N2. The number of anilines is 6. The molecule has 0 saturated heterocycles. The molecule has 0 heterocycles. The van der Waals surface area contributed by atoms with Crippen LogP contribution in [0.5, 0.6) is 0 Å². The van der Waals surface area contributed by atoms with E-state index in [1.54, 1.807) is 0 Å². The minimum absolute atomic E-state index is 0.443. The van der Waals surface area contributed by atoms with Gasteiger partial charge in [-0.3, -0.25) is 0 Å². The molecule has 0 unspecified atom stereocenters. The maximum atomic E-state index is 2.47. The molecule has 8 aromatic carbocycles. The molecule has 1 aliphatic carbocycles. The third-order valence-corrected chi connectivity index (χ3v) is 12.9. The fraction of sp³-hybridized carbons (Fsp3) is 0.241. The fourth-order valence-electron chi connectivity index (χ4n) is 9.03. The molecule has 0 aliphatic heterocycles. The van der Waals surface area contributed by atoms with Crippen LogP contribution in [0.25, 0.3) is 43.8 Å². The van der Waals surface area contributed by atoms with Crippen LogP contribution in [0.1, 0.15) is 112 Å². The maximum Gasteiger partial charge on any atom is 0.0493 e. The van der Waals surface area contributed by atoms with Gasteiger partial charge in [0.05, 0.1) is 0 Å². The molecule has 0 aromatic heterocycles. The third kappa shape index (κ3) is 7.06. The van der Waals surface area contributed by atoms with Gasteiger partial charge in [0.15, 0.2) is 0 Å². The maximum absolute atomic E-state index is 2.47. The number of hydrogen-bond donors (Lipinski definition) is 0. The highest BCUT2D eigenvalue weighted by molar-refractivity contribution is 6.12. The molecule has 1 aliphatic rings. The van der Waals surface area contributed by atoms with E-state index in [1.165, 1.54) is 111 Å². The van der Waals surface area contributed by atoms with E-state index in [2.05, 4.69) is 225 Å². The van der Waals surface area contributed by atoms with E-state index < -0.39 is 0 Å². The molecule has 0 spiro atoms. The second kappa shape index (κ2) is 15.5. The lowest BCUT2D eigenvalue weighted by atomic mass is 9.78. The first-order valence-corrected chi connectivity index (χ1v) is 22.0. The van der Waals surface area contributed by atoms with Crippen LogP contribution >= 0.6 is 0 Å². The molecule has 0 fully saturated rings. The average molecular weight is 783 g/mol. The van der Waals surface area contributed by atoms with E-state index in [-0.39, 0.29) is 0 Å². The first kappa shape index (κ1) is 39.3. The van der Waals surface area contributed by atoms with Crippen LogP contribution in [0.4, 0.5) is 34.1 Å². The van der Waals surface area contributed by atoms with Crippen molar-refractivity contribution in [2.24, 2.45) is 0 Å². The number of nitrogens with zero attached hydrogens (tertiary/aromatic N) is 2. The van der Waals surface area contributed by atoms with Crippen LogP contribution < -0.4 is 9.80 Å². The lowest BCUT2D eigenvalue weighted by molar-refractivity contribution is 0.864. The molecule has 300 valence electrons. The van der Waals surface area contributed by atoms with Crippen LogP contribution in [-0.4, -0.2) is 0 Å². The Bertz CT molecular complexity index is 2710. The minimum Gasteiger partial charge on any atom is -0.310 e. The summed E-state index contributed by atoms with van der Waals surface area (Å²) in [6, 6.07) is 55.8. The zero-order chi connectivity index (χ0) is 42.0. The standard InChI is InChI=1S/C58H58N2/c1-35(2)41-13-11-15-49(25-41)59(57-33-43(37(5)6)19-17-39(57)9)51-23-21-45-29-53-55(31-47(45)27-51)54-30-46-22-24-52(28-48(46)32-56(53)54)60(50-16-12-14-42(26-50)36(3)4)58-34-44(38(7)8)20-18-40(58)10/h11-38H,1-10H3. The first-order chi connectivity index (χ1) is 28.8. The van der Waals surface area contributed by atoms with Crippen molar-refractivity contribution in [3.63, 3.8) is 0 Å². The van der Waals surface area contributed by atoms with Crippen molar-refractivity contribution in [1.82, 2.24) is 0 Å². The van der Waals surface area contributed by atoms with E-state index in [4.69, 9.17) is 0 Å². The third-order valence-electron chi connectivity index (χ3n) is 12.9. The lowest BCUT2D eigenvalue weighted by Gasteiger charge is -2.30. The average Bonchev–Trinajstić information content (AvgIpc) is 3.24. The minimum atomic E-state index is 0.443. The van der Waals surface area contributed by atoms with E-state index in [0.29, 0.717) is 23.7 Å². The van der Waals surface area contributed by atoms with Crippen molar-refractivity contribution >= 4 is 55.7 Å². The molecule has 8 aromatic rings. The monoisotopic (exact) mass is 782 g/mol. The number of rotatable bonds is 10. The number of aryl methyl sites for hydroxylation is 2. The Hall–Kier alpha value is -6.12. The normalized spacial score (nSPS) is 12.1. The van der Waals surface area contributed by atoms with Gasteiger partial charge in [-0.25, -0.2) is 0 Å². The quantitative estimate of drug-likeness (QED) is 0.136. The number of fused-ring (bicyclic) bond motifs is 6. The summed E-state index contributed by atoms with van der Waals surface area (Å²) in [5.74, 6) is 1.77. The Balaban J connectivity index is 1.13. The van der Waals surface area contributed by atoms with Crippen LogP contribution in [0.3, 0.4) is 0 Å². The Kier molecular flexibility index (Phi) is 10.2. The summed E-state index contributed by atoms with van der Waals surface area (Å²) in [5, 5.41) is 5.04. The van der Waals surface area contributed by atoms with Crippen LogP contribution in [0.2, 0.25) is 0 Å². The van der Waals surface area contributed by atoms with Gasteiger partial charge in [0.25, 0.3) is 0 Å². The van der Waals surface area contributed by atoms with Gasteiger partial charge in [-0.1, -0.05) is 116 Å². The number of benzene rings is 8. The van der Waals surface area contributed by atoms with Gasteiger partial charge >= 0.3 is 0 Å². The summed E-state index contributed by atoms with van der Waals surface area (Å²) < 4.78 is 0. The van der Waals surface area contributed by atoms with Crippen LogP contribution in [-0.2, 0) is 0 Å². The van der Waals surface area contributed by atoms with Crippen LogP contribution in [0, 0.1) is 13.8 Å². The molecule has 0 atom stereocenters. The topological polar surface area (TPSA) is 6.48 Å². The van der Waals surface area contributed by atoms with E-state index in [9.17, 15) is 0 Å². The van der Waals surface area contributed by atoms with Gasteiger partial charge < -0.3 is 9.80 Å². The van der Waals surface area contributed by atoms with Crippen molar-refractivity contribution in [3.8, 4) is 22.3 Å². The molecule has 0 bridgehead atoms. The van der Waals surface area contributed by atoms with Gasteiger partial charge in [-0.2, -0.15) is 0 Å². The summed E-state index contributed by atoms with van der Waals surface area (Å²) in [6.45, 7) is 22.7. The van der Waals surface area contributed by atoms with Gasteiger partial charge in [-0.15, -0.1) is 0 Å². The molecule has 0 radical (unpaired) electrons. The van der Waals surface area contributed by atoms with Crippen molar-refractivity contribution in [2.75, 3.05) is 9.80 Å². The molecular weight excluding hydrogens is 725 g/mol. The van der Waals surface area contributed by atoms with E-state index >= 15 is 0 Å². The van der Waals surface area contributed by atoms with E-state index in [0.717, 1.165) is 0 Å². The first-order valence-electron chi connectivity index (χ1n) is 22.0. The van der Waals surface area contributed by atoms with Crippen LogP contribution in [0.15, 0.2) is 146 Å². The highest BCUT2D eigenvalue weighted by Crippen LogP contribution is 2.52. The molecule has 2 nitrogen and oxygen atoms in total. The number of hydrogen-bond acceptors (Lipinski definition) is 2. The Morgan fingerprint density at radius 3 is 1.00 bits per heavy atom. The van der Waals surface area contributed by atoms with Crippen molar-refractivity contribution < 1.29 is 0 Å². The molecule has 0 amide bonds. The second-order valence-electron chi connectivity index (χ2n) is 18.4. The Labute approximate surface area is 358 Å². The van der Waals surface area contributed by atoms with E-state index in [1.807, 2.05) is 0 Å². The highest BCUT2D eigenvalue weighted by Gasteiger charge is 2.26. The summed E-state index contributed by atoms with van der Waals surface area (Å²) in [7, 11) is 0. The largest absolute Gasteiger partial charge is 0.310 e. The summed E-state index contributed by atoms with van der Waals surface area (Å²) in [5.41, 5.74) is 20.5. The highest BCUT2D eigenvalue weighted by atomic mass is 15.1. The predicted octanol–water partition coefficient (Wildman–Crippen LogP) is 17.7. The summed E-state index contributed by atoms with van der Waals surface area (Å²) in [4.78, 5) is 4.93. The van der Waals surface area contributed by atoms with Gasteiger partial charge in [-0.05, 0) is 200 Å².